The standard InChI is InChI=1S/C13H18N4O/c1-10(2)18-12-5-3-4-11(8-12)13-9-17(7-6-14)16-15-13/h3-5,8-10H,6-7,14H2,1-2H3. The van der Waals surface area contributed by atoms with Crippen LogP contribution >= 0.6 is 0 Å². The summed E-state index contributed by atoms with van der Waals surface area (Å²) in [6.45, 7) is 5.24. The predicted molar refractivity (Wildman–Crippen MR) is 70.3 cm³/mol. The van der Waals surface area contributed by atoms with Crippen molar-refractivity contribution in [1.29, 1.82) is 0 Å². The van der Waals surface area contributed by atoms with Crippen LogP contribution in [0.4, 0.5) is 0 Å². The van der Waals surface area contributed by atoms with E-state index in [0.29, 0.717) is 13.1 Å². The molecular formula is C13H18N4O. The van der Waals surface area contributed by atoms with Crippen LogP contribution in [0.2, 0.25) is 0 Å². The number of rotatable bonds is 5. The quantitative estimate of drug-likeness (QED) is 0.871. The second kappa shape index (κ2) is 5.64. The van der Waals surface area contributed by atoms with Crippen molar-refractivity contribution >= 4 is 0 Å². The molecule has 1 heterocycles. The van der Waals surface area contributed by atoms with Crippen molar-refractivity contribution in [3.63, 3.8) is 0 Å². The van der Waals surface area contributed by atoms with Gasteiger partial charge in [0.2, 0.25) is 0 Å². The van der Waals surface area contributed by atoms with Gasteiger partial charge in [-0.3, -0.25) is 4.68 Å². The number of nitrogens with zero attached hydrogens (tertiary/aromatic N) is 3. The van der Waals surface area contributed by atoms with Crippen LogP contribution in [0.5, 0.6) is 5.75 Å². The minimum Gasteiger partial charge on any atom is -0.491 e. The molecule has 0 aliphatic rings. The molecule has 5 nitrogen and oxygen atoms in total. The van der Waals surface area contributed by atoms with Crippen molar-refractivity contribution in [3.05, 3.63) is 30.5 Å². The highest BCUT2D eigenvalue weighted by Crippen LogP contribution is 2.22. The summed E-state index contributed by atoms with van der Waals surface area (Å²) in [5.41, 5.74) is 7.31. The molecule has 2 N–H and O–H groups in total. The summed E-state index contributed by atoms with van der Waals surface area (Å²) in [4.78, 5) is 0. The van der Waals surface area contributed by atoms with Gasteiger partial charge in [-0.15, -0.1) is 5.10 Å². The fraction of sp³-hybridized carbons (Fsp3) is 0.385. The molecule has 0 amide bonds. The highest BCUT2D eigenvalue weighted by atomic mass is 16.5. The van der Waals surface area contributed by atoms with Gasteiger partial charge in [0.05, 0.1) is 18.8 Å². The molecule has 0 bridgehead atoms. The van der Waals surface area contributed by atoms with E-state index < -0.39 is 0 Å². The van der Waals surface area contributed by atoms with E-state index in [4.69, 9.17) is 10.5 Å². The Morgan fingerprint density at radius 3 is 2.94 bits per heavy atom. The van der Waals surface area contributed by atoms with Gasteiger partial charge in [0.15, 0.2) is 0 Å². The lowest BCUT2D eigenvalue weighted by Gasteiger charge is -2.09. The smallest absolute Gasteiger partial charge is 0.120 e. The highest BCUT2D eigenvalue weighted by molar-refractivity contribution is 5.59. The van der Waals surface area contributed by atoms with Crippen LogP contribution in [-0.2, 0) is 6.54 Å². The Balaban J connectivity index is 2.21. The van der Waals surface area contributed by atoms with Crippen molar-refractivity contribution in [2.75, 3.05) is 6.54 Å². The number of hydrogen-bond donors (Lipinski definition) is 1. The van der Waals surface area contributed by atoms with E-state index in [1.54, 1.807) is 4.68 Å². The normalized spacial score (nSPS) is 10.9. The Labute approximate surface area is 107 Å². The van der Waals surface area contributed by atoms with Crippen LogP contribution in [-0.4, -0.2) is 27.6 Å². The molecule has 0 spiro atoms. The second-order valence-corrected chi connectivity index (χ2v) is 4.35. The molecule has 1 aromatic carbocycles. The molecule has 18 heavy (non-hydrogen) atoms. The maximum Gasteiger partial charge on any atom is 0.120 e. The summed E-state index contributed by atoms with van der Waals surface area (Å²) in [5.74, 6) is 0.843. The molecule has 0 aliphatic carbocycles. The zero-order valence-electron chi connectivity index (χ0n) is 10.7. The van der Waals surface area contributed by atoms with Gasteiger partial charge in [-0.05, 0) is 26.0 Å². The van der Waals surface area contributed by atoms with Gasteiger partial charge < -0.3 is 10.5 Å². The van der Waals surface area contributed by atoms with Gasteiger partial charge >= 0.3 is 0 Å². The van der Waals surface area contributed by atoms with E-state index in [1.165, 1.54) is 0 Å². The average Bonchev–Trinajstić information content (AvgIpc) is 2.78. The van der Waals surface area contributed by atoms with Crippen LogP contribution in [0.3, 0.4) is 0 Å². The molecule has 0 fully saturated rings. The lowest BCUT2D eigenvalue weighted by atomic mass is 10.1. The first-order valence-corrected chi connectivity index (χ1v) is 6.06. The molecule has 0 radical (unpaired) electrons. The number of benzene rings is 1. The van der Waals surface area contributed by atoms with Gasteiger partial charge in [-0.2, -0.15) is 0 Å². The summed E-state index contributed by atoms with van der Waals surface area (Å²) in [5, 5.41) is 8.15. The molecular weight excluding hydrogens is 228 g/mol. The lowest BCUT2D eigenvalue weighted by molar-refractivity contribution is 0.242. The van der Waals surface area contributed by atoms with E-state index in [0.717, 1.165) is 17.0 Å². The maximum absolute atomic E-state index is 5.66. The molecule has 0 aliphatic heterocycles. The molecule has 0 atom stereocenters. The molecule has 2 aromatic rings. The van der Waals surface area contributed by atoms with Crippen molar-refractivity contribution in [2.45, 2.75) is 26.5 Å². The van der Waals surface area contributed by atoms with Gasteiger partial charge in [0.25, 0.3) is 0 Å². The van der Waals surface area contributed by atoms with E-state index in [9.17, 15) is 0 Å². The summed E-state index contributed by atoms with van der Waals surface area (Å²) < 4.78 is 7.40. The van der Waals surface area contributed by atoms with Crippen LogP contribution in [0.15, 0.2) is 30.5 Å². The van der Waals surface area contributed by atoms with Gasteiger partial charge in [-0.1, -0.05) is 17.3 Å². The van der Waals surface area contributed by atoms with E-state index >= 15 is 0 Å². The molecule has 0 saturated heterocycles. The summed E-state index contributed by atoms with van der Waals surface area (Å²) in [7, 11) is 0. The Morgan fingerprint density at radius 1 is 1.39 bits per heavy atom. The van der Waals surface area contributed by atoms with Crippen molar-refractivity contribution in [2.24, 2.45) is 5.73 Å². The van der Waals surface area contributed by atoms with Crippen molar-refractivity contribution < 1.29 is 4.74 Å². The van der Waals surface area contributed by atoms with Crippen LogP contribution < -0.4 is 10.5 Å². The summed E-state index contributed by atoms with van der Waals surface area (Å²) in [6, 6.07) is 7.85. The fourth-order valence-corrected chi connectivity index (χ4v) is 1.67. The Hall–Kier alpha value is -1.88. The van der Waals surface area contributed by atoms with Gasteiger partial charge in [-0.25, -0.2) is 0 Å². The Kier molecular flexibility index (Phi) is 3.94. The number of aromatic nitrogens is 3. The summed E-state index contributed by atoms with van der Waals surface area (Å²) in [6.07, 6.45) is 2.05. The first-order chi connectivity index (χ1) is 8.69. The SMILES string of the molecule is CC(C)Oc1cccc(-c2cn(CCN)nn2)c1. The zero-order chi connectivity index (χ0) is 13.0. The predicted octanol–water partition coefficient (Wildman–Crippen LogP) is 1.69. The van der Waals surface area contributed by atoms with Gasteiger partial charge in [0.1, 0.15) is 11.4 Å². The third kappa shape index (κ3) is 3.07. The minimum atomic E-state index is 0.160. The fourth-order valence-electron chi connectivity index (χ4n) is 1.67. The highest BCUT2D eigenvalue weighted by Gasteiger charge is 2.05. The number of ether oxygens (including phenoxy) is 1. The lowest BCUT2D eigenvalue weighted by Crippen LogP contribution is -2.10. The second-order valence-electron chi connectivity index (χ2n) is 4.35. The van der Waals surface area contributed by atoms with Crippen LogP contribution in [0.1, 0.15) is 13.8 Å². The Morgan fingerprint density at radius 2 is 2.22 bits per heavy atom. The molecule has 5 heteroatoms. The van der Waals surface area contributed by atoms with E-state index in [2.05, 4.69) is 10.3 Å². The van der Waals surface area contributed by atoms with E-state index in [-0.39, 0.29) is 6.10 Å². The first kappa shape index (κ1) is 12.6. The van der Waals surface area contributed by atoms with E-state index in [1.807, 2.05) is 44.3 Å². The zero-order valence-corrected chi connectivity index (χ0v) is 10.7. The molecule has 96 valence electrons. The Bertz CT molecular complexity index is 507. The molecule has 0 unspecified atom stereocenters. The number of nitrogens with two attached hydrogens (primary N) is 1. The molecule has 0 saturated carbocycles. The monoisotopic (exact) mass is 246 g/mol. The minimum absolute atomic E-state index is 0.160. The third-order valence-electron chi connectivity index (χ3n) is 2.40. The molecule has 1 aromatic heterocycles. The summed E-state index contributed by atoms with van der Waals surface area (Å²) >= 11 is 0. The number of hydrogen-bond acceptors (Lipinski definition) is 4. The third-order valence-corrected chi connectivity index (χ3v) is 2.40. The van der Waals surface area contributed by atoms with Crippen LogP contribution in [0, 0.1) is 0 Å². The topological polar surface area (TPSA) is 66.0 Å². The maximum atomic E-state index is 5.66. The first-order valence-electron chi connectivity index (χ1n) is 6.06. The molecule has 2 rings (SSSR count). The van der Waals surface area contributed by atoms with Gasteiger partial charge in [0, 0.05) is 12.1 Å². The van der Waals surface area contributed by atoms with Crippen molar-refractivity contribution in [1.82, 2.24) is 15.0 Å². The van der Waals surface area contributed by atoms with Crippen molar-refractivity contribution in [3.8, 4) is 17.0 Å². The average molecular weight is 246 g/mol. The largest absolute Gasteiger partial charge is 0.491 e. The van der Waals surface area contributed by atoms with Crippen LogP contribution in [0.25, 0.3) is 11.3 Å².